The Balaban J connectivity index is 1.43. The molecule has 6 heterocycles. The van der Waals surface area contributed by atoms with Gasteiger partial charge in [-0.1, -0.05) is 6.92 Å². The molecule has 0 aliphatic rings. The summed E-state index contributed by atoms with van der Waals surface area (Å²) in [5.74, 6) is 0.575. The number of carbonyl (C=O) groups is 1. The Bertz CT molecular complexity index is 1650. The van der Waals surface area contributed by atoms with E-state index in [9.17, 15) is 4.79 Å². The van der Waals surface area contributed by atoms with Gasteiger partial charge in [0.2, 0.25) is 5.91 Å². The van der Waals surface area contributed by atoms with Crippen LogP contribution in [0.1, 0.15) is 13.3 Å². The van der Waals surface area contributed by atoms with Crippen LogP contribution in [0.25, 0.3) is 55.8 Å². The molecule has 166 valence electrons. The lowest BCUT2D eigenvalue weighted by Gasteiger charge is -2.06. The average molecular weight is 467 g/mol. The van der Waals surface area contributed by atoms with Crippen LogP contribution in [0.4, 0.5) is 5.69 Å². The fourth-order valence-electron chi connectivity index (χ4n) is 3.83. The Labute approximate surface area is 197 Å². The van der Waals surface area contributed by atoms with Crippen molar-refractivity contribution in [3.8, 4) is 33.9 Å². The van der Waals surface area contributed by atoms with E-state index in [2.05, 4.69) is 46.9 Å². The van der Waals surface area contributed by atoms with Crippen LogP contribution in [0.2, 0.25) is 0 Å². The molecule has 1 amide bonds. The lowest BCUT2D eigenvalue weighted by atomic mass is 10.1. The minimum absolute atomic E-state index is 0.0688. The van der Waals surface area contributed by atoms with Crippen LogP contribution in [0.3, 0.4) is 0 Å². The number of H-pyrrole nitrogens is 2. The summed E-state index contributed by atoms with van der Waals surface area (Å²) in [6, 6.07) is 5.86. The van der Waals surface area contributed by atoms with Gasteiger partial charge in [-0.3, -0.25) is 24.8 Å². The molecule has 0 bridgehead atoms. The van der Waals surface area contributed by atoms with Crippen molar-refractivity contribution in [1.82, 2.24) is 35.1 Å². The van der Waals surface area contributed by atoms with E-state index >= 15 is 0 Å². The Morgan fingerprint density at radius 2 is 1.97 bits per heavy atom. The number of amides is 1. The summed E-state index contributed by atoms with van der Waals surface area (Å²) in [7, 11) is 0. The number of hydrogen-bond donors (Lipinski definition) is 3. The van der Waals surface area contributed by atoms with Gasteiger partial charge in [-0.15, -0.1) is 0 Å². The standard InChI is InChI=1S/C24H18N8OS/c1-2-21(33)28-15-5-14(7-25-8-15)18-6-16-19(11-27-18)31-32-23(16)24-29-20-10-26-9-17(22(20)30-24)13-3-4-34-12-13/h3-12H,2H2,1H3,(H,28,33)(H,29,30)(H,31,32). The third kappa shape index (κ3) is 3.50. The number of nitrogens with one attached hydrogen (secondary N) is 3. The molecular weight excluding hydrogens is 448 g/mol. The quantitative estimate of drug-likeness (QED) is 0.327. The van der Waals surface area contributed by atoms with Gasteiger partial charge in [-0.05, 0) is 34.5 Å². The summed E-state index contributed by atoms with van der Waals surface area (Å²) in [4.78, 5) is 33.2. The SMILES string of the molecule is CCC(=O)Nc1cncc(-c2cc3c(-c4nc5c(-c6ccsc6)cncc5[nH]4)n[nH]c3cn2)c1. The third-order valence-electron chi connectivity index (χ3n) is 5.54. The Morgan fingerprint density at radius 1 is 1.06 bits per heavy atom. The number of anilines is 1. The lowest BCUT2D eigenvalue weighted by molar-refractivity contribution is -0.115. The maximum Gasteiger partial charge on any atom is 0.224 e. The lowest BCUT2D eigenvalue weighted by Crippen LogP contribution is -2.09. The molecule has 6 aromatic heterocycles. The van der Waals surface area contributed by atoms with Crippen LogP contribution in [0.5, 0.6) is 0 Å². The zero-order chi connectivity index (χ0) is 23.1. The monoisotopic (exact) mass is 466 g/mol. The van der Waals surface area contributed by atoms with E-state index in [4.69, 9.17) is 4.98 Å². The average Bonchev–Trinajstić information content (AvgIpc) is 3.62. The number of aromatic amines is 2. The molecule has 0 unspecified atom stereocenters. The van der Waals surface area contributed by atoms with Gasteiger partial charge < -0.3 is 10.3 Å². The van der Waals surface area contributed by atoms with Gasteiger partial charge in [-0.25, -0.2) is 4.98 Å². The molecule has 6 rings (SSSR count). The highest BCUT2D eigenvalue weighted by Crippen LogP contribution is 2.32. The van der Waals surface area contributed by atoms with Gasteiger partial charge in [0.05, 0.1) is 41.0 Å². The molecule has 0 saturated heterocycles. The second-order valence-electron chi connectivity index (χ2n) is 7.73. The predicted octanol–water partition coefficient (Wildman–Crippen LogP) is 5.04. The van der Waals surface area contributed by atoms with Gasteiger partial charge in [0.25, 0.3) is 0 Å². The highest BCUT2D eigenvalue weighted by molar-refractivity contribution is 7.08. The number of thiophene rings is 1. The first kappa shape index (κ1) is 20.2. The molecule has 0 spiro atoms. The fourth-order valence-corrected chi connectivity index (χ4v) is 4.48. The first-order valence-corrected chi connectivity index (χ1v) is 11.6. The summed E-state index contributed by atoms with van der Waals surface area (Å²) in [5, 5.41) is 15.4. The molecule has 3 N–H and O–H groups in total. The summed E-state index contributed by atoms with van der Waals surface area (Å²) < 4.78 is 0. The number of nitrogens with zero attached hydrogens (tertiary/aromatic N) is 5. The topological polar surface area (TPSA) is 125 Å². The highest BCUT2D eigenvalue weighted by Gasteiger charge is 2.17. The molecule has 9 nitrogen and oxygen atoms in total. The molecule has 0 aliphatic carbocycles. The largest absolute Gasteiger partial charge is 0.335 e. The summed E-state index contributed by atoms with van der Waals surface area (Å²) in [6.07, 6.45) is 9.07. The van der Waals surface area contributed by atoms with Crippen molar-refractivity contribution >= 4 is 44.9 Å². The number of hydrogen-bond acceptors (Lipinski definition) is 7. The van der Waals surface area contributed by atoms with E-state index in [-0.39, 0.29) is 5.91 Å². The first-order valence-electron chi connectivity index (χ1n) is 10.7. The molecule has 0 aliphatic heterocycles. The number of fused-ring (bicyclic) bond motifs is 2. The molecule has 34 heavy (non-hydrogen) atoms. The van der Waals surface area contributed by atoms with Crippen LogP contribution in [0, 0.1) is 0 Å². The van der Waals surface area contributed by atoms with E-state index in [1.165, 1.54) is 0 Å². The van der Waals surface area contributed by atoms with E-state index in [1.807, 2.05) is 23.7 Å². The Kier molecular flexibility index (Phi) is 4.84. The molecule has 0 fully saturated rings. The van der Waals surface area contributed by atoms with E-state index in [0.29, 0.717) is 29.3 Å². The number of aromatic nitrogens is 7. The molecule has 6 aromatic rings. The summed E-state index contributed by atoms with van der Waals surface area (Å²) >= 11 is 1.64. The maximum absolute atomic E-state index is 11.8. The highest BCUT2D eigenvalue weighted by atomic mass is 32.1. The van der Waals surface area contributed by atoms with Crippen molar-refractivity contribution in [1.29, 1.82) is 0 Å². The zero-order valence-corrected chi connectivity index (χ0v) is 18.8. The van der Waals surface area contributed by atoms with Gasteiger partial charge in [-0.2, -0.15) is 16.4 Å². The zero-order valence-electron chi connectivity index (χ0n) is 18.0. The smallest absolute Gasteiger partial charge is 0.224 e. The van der Waals surface area contributed by atoms with Gasteiger partial charge >= 0.3 is 0 Å². The fraction of sp³-hybridized carbons (Fsp3) is 0.0833. The van der Waals surface area contributed by atoms with Crippen LogP contribution >= 0.6 is 11.3 Å². The normalized spacial score (nSPS) is 11.3. The van der Waals surface area contributed by atoms with Gasteiger partial charge in [0, 0.05) is 35.3 Å². The van der Waals surface area contributed by atoms with Crippen LogP contribution in [0.15, 0.2) is 59.9 Å². The predicted molar refractivity (Wildman–Crippen MR) is 132 cm³/mol. The van der Waals surface area contributed by atoms with E-state index in [1.54, 1.807) is 43.0 Å². The molecule has 0 aromatic carbocycles. The molecule has 0 saturated carbocycles. The van der Waals surface area contributed by atoms with E-state index in [0.717, 1.165) is 38.6 Å². The van der Waals surface area contributed by atoms with Crippen molar-refractivity contribution in [2.24, 2.45) is 0 Å². The van der Waals surface area contributed by atoms with Crippen molar-refractivity contribution in [3.05, 3.63) is 59.9 Å². The Morgan fingerprint density at radius 3 is 2.82 bits per heavy atom. The Hall–Kier alpha value is -4.44. The van der Waals surface area contributed by atoms with Crippen LogP contribution in [-0.2, 0) is 4.79 Å². The molecule has 10 heteroatoms. The third-order valence-corrected chi connectivity index (χ3v) is 6.22. The minimum Gasteiger partial charge on any atom is -0.335 e. The number of imidazole rings is 1. The molecule has 0 atom stereocenters. The summed E-state index contributed by atoms with van der Waals surface area (Å²) in [6.45, 7) is 1.81. The van der Waals surface area contributed by atoms with Crippen LogP contribution < -0.4 is 5.32 Å². The maximum atomic E-state index is 11.8. The minimum atomic E-state index is -0.0688. The van der Waals surface area contributed by atoms with Crippen molar-refractivity contribution in [2.45, 2.75) is 13.3 Å². The number of pyridine rings is 3. The molecular formula is C24H18N8OS. The van der Waals surface area contributed by atoms with Gasteiger partial charge in [0.1, 0.15) is 11.2 Å². The van der Waals surface area contributed by atoms with Crippen molar-refractivity contribution in [3.63, 3.8) is 0 Å². The second-order valence-corrected chi connectivity index (χ2v) is 8.51. The van der Waals surface area contributed by atoms with E-state index < -0.39 is 0 Å². The molecule has 0 radical (unpaired) electrons. The van der Waals surface area contributed by atoms with Crippen molar-refractivity contribution < 1.29 is 4.79 Å². The van der Waals surface area contributed by atoms with Crippen LogP contribution in [-0.4, -0.2) is 41.0 Å². The second kappa shape index (κ2) is 8.16. The summed E-state index contributed by atoms with van der Waals surface area (Å²) in [5.41, 5.74) is 7.36. The van der Waals surface area contributed by atoms with Gasteiger partial charge in [0.15, 0.2) is 5.82 Å². The number of carbonyl (C=O) groups excluding carboxylic acids is 1. The first-order chi connectivity index (χ1) is 16.7. The van der Waals surface area contributed by atoms with Crippen molar-refractivity contribution in [2.75, 3.05) is 5.32 Å². The number of rotatable bonds is 5.